The van der Waals surface area contributed by atoms with E-state index < -0.39 is 11.5 Å². The number of hydrogen-bond acceptors (Lipinski definition) is 5. The summed E-state index contributed by atoms with van der Waals surface area (Å²) in [5, 5.41) is 6.32. The van der Waals surface area contributed by atoms with Crippen molar-refractivity contribution in [3.8, 4) is 0 Å². The van der Waals surface area contributed by atoms with Crippen molar-refractivity contribution in [1.82, 2.24) is 10.6 Å². The number of rotatable bonds is 14. The lowest BCUT2D eigenvalue weighted by Crippen LogP contribution is -2.52. The third-order valence-corrected chi connectivity index (χ3v) is 6.50. The summed E-state index contributed by atoms with van der Waals surface area (Å²) in [5.74, 6) is -0.878. The first-order chi connectivity index (χ1) is 19.1. The van der Waals surface area contributed by atoms with E-state index in [0.717, 1.165) is 5.57 Å². The number of ether oxygens (including phenoxy) is 2. The fourth-order valence-electron chi connectivity index (χ4n) is 4.10. The Morgan fingerprint density at radius 2 is 1.80 bits per heavy atom. The van der Waals surface area contributed by atoms with E-state index in [1.54, 1.807) is 25.3 Å². The summed E-state index contributed by atoms with van der Waals surface area (Å²) in [6.07, 6.45) is 17.8. The molecule has 228 valence electrons. The molecule has 1 aliphatic heterocycles. The molecule has 0 fully saturated rings. The topological polar surface area (TPSA) is 93.7 Å². The Balaban J connectivity index is 2.69. The van der Waals surface area contributed by atoms with Gasteiger partial charge in [0.15, 0.2) is 0 Å². The second kappa shape index (κ2) is 17.8. The molecule has 1 heterocycles. The van der Waals surface area contributed by atoms with Crippen molar-refractivity contribution in [1.29, 1.82) is 0 Å². The molecular weight excluding hydrogens is 540 g/mol. The van der Waals surface area contributed by atoms with E-state index in [9.17, 15) is 14.4 Å². The van der Waals surface area contributed by atoms with Crippen LogP contribution < -0.4 is 10.6 Å². The zero-order chi connectivity index (χ0) is 31.2. The molecule has 7 nitrogen and oxygen atoms in total. The summed E-state index contributed by atoms with van der Waals surface area (Å²) in [6.45, 7) is 17.2. The minimum absolute atomic E-state index is 0.0546. The van der Waals surface area contributed by atoms with Gasteiger partial charge in [0.2, 0.25) is 11.8 Å². The molecule has 4 atom stereocenters. The minimum atomic E-state index is -0.740. The molecule has 0 aromatic rings. The first kappa shape index (κ1) is 36.1. The Labute approximate surface area is 251 Å². The number of nitrogens with one attached hydrogen (secondary N) is 2. The smallest absolute Gasteiger partial charge is 0.333 e. The lowest BCUT2D eigenvalue weighted by atomic mass is 9.86. The highest BCUT2D eigenvalue weighted by atomic mass is 35.5. The van der Waals surface area contributed by atoms with E-state index in [2.05, 4.69) is 10.6 Å². The molecule has 2 amide bonds. The minimum Gasteiger partial charge on any atom is -0.458 e. The standard InChI is InChI=1S/C33H49ClN2O5/c1-22(2)40-27(18-17-26(6)34)14-12-20-35-31(38)30(33(7,8)9)36-29(37)15-11-10-13-23(3)21-25(5)28-19-16-24(4)32(39)41-28/h10-13,15-17,20-22,25,27-28,30H,14,18-19H2,1-9H3,(H,35,38)(H,36,37)/b13-10-,15-11-,20-12-,23-21+,26-17+/t25-,27-,28-,30+/m0/s1. The van der Waals surface area contributed by atoms with E-state index in [4.69, 9.17) is 21.1 Å². The van der Waals surface area contributed by atoms with Gasteiger partial charge in [-0.15, -0.1) is 0 Å². The molecule has 0 aromatic carbocycles. The third-order valence-electron chi connectivity index (χ3n) is 6.35. The molecule has 1 aliphatic rings. The number of esters is 1. The van der Waals surface area contributed by atoms with Gasteiger partial charge in [0.1, 0.15) is 12.1 Å². The molecule has 0 radical (unpaired) electrons. The normalized spacial score (nSPS) is 19.4. The number of cyclic esters (lactones) is 1. The van der Waals surface area contributed by atoms with Gasteiger partial charge in [-0.3, -0.25) is 9.59 Å². The van der Waals surface area contributed by atoms with Crippen LogP contribution in [0, 0.1) is 11.3 Å². The number of allylic oxidation sites excluding steroid dienone is 5. The van der Waals surface area contributed by atoms with E-state index in [1.807, 2.05) is 85.8 Å². The molecule has 41 heavy (non-hydrogen) atoms. The summed E-state index contributed by atoms with van der Waals surface area (Å²) in [5.41, 5.74) is 1.13. The van der Waals surface area contributed by atoms with E-state index in [-0.39, 0.29) is 42.0 Å². The molecule has 0 spiro atoms. The molecule has 0 saturated heterocycles. The Morgan fingerprint density at radius 3 is 2.39 bits per heavy atom. The maximum absolute atomic E-state index is 12.9. The molecule has 8 heteroatoms. The van der Waals surface area contributed by atoms with Gasteiger partial charge >= 0.3 is 5.97 Å². The fourth-order valence-corrected chi connectivity index (χ4v) is 4.19. The van der Waals surface area contributed by atoms with Crippen LogP contribution in [-0.2, 0) is 23.9 Å². The SMILES string of the molecule is CC1=CC[C@@H]([C@@H](C)/C=C(C)/C=C\C=C/C(=O)N[C@H](C(=O)N/C=C\C[C@@H](C/C=C(\C)Cl)OC(C)C)C(C)(C)C)OC1=O. The van der Waals surface area contributed by atoms with Crippen molar-refractivity contribution < 1.29 is 23.9 Å². The summed E-state index contributed by atoms with van der Waals surface area (Å²) in [6, 6.07) is -0.740. The second-order valence-corrected chi connectivity index (χ2v) is 12.4. The van der Waals surface area contributed by atoms with Crippen LogP contribution >= 0.6 is 11.6 Å². The number of amides is 2. The first-order valence-electron chi connectivity index (χ1n) is 14.2. The van der Waals surface area contributed by atoms with Crippen molar-refractivity contribution in [2.75, 3.05) is 0 Å². The van der Waals surface area contributed by atoms with Gasteiger partial charge < -0.3 is 20.1 Å². The summed E-state index contributed by atoms with van der Waals surface area (Å²) in [4.78, 5) is 37.3. The number of halogens is 1. The van der Waals surface area contributed by atoms with Gasteiger partial charge in [0, 0.05) is 29.0 Å². The Kier molecular flexibility index (Phi) is 15.7. The Morgan fingerprint density at radius 1 is 1.15 bits per heavy atom. The average molecular weight is 589 g/mol. The monoisotopic (exact) mass is 588 g/mol. The Hall–Kier alpha value is -2.90. The molecule has 0 saturated carbocycles. The fraction of sp³-hybridized carbons (Fsp3) is 0.545. The van der Waals surface area contributed by atoms with Gasteiger partial charge in [-0.1, -0.05) is 87.4 Å². The van der Waals surface area contributed by atoms with Crippen molar-refractivity contribution in [3.63, 3.8) is 0 Å². The summed E-state index contributed by atoms with van der Waals surface area (Å²) >= 11 is 5.96. The average Bonchev–Trinajstić information content (AvgIpc) is 2.86. The highest BCUT2D eigenvalue weighted by Gasteiger charge is 2.32. The lowest BCUT2D eigenvalue weighted by Gasteiger charge is -2.29. The summed E-state index contributed by atoms with van der Waals surface area (Å²) < 4.78 is 11.4. The third kappa shape index (κ3) is 15.1. The van der Waals surface area contributed by atoms with E-state index in [1.165, 1.54) is 6.08 Å². The van der Waals surface area contributed by atoms with Gasteiger partial charge in [-0.2, -0.15) is 0 Å². The van der Waals surface area contributed by atoms with Crippen LogP contribution in [0.25, 0.3) is 0 Å². The molecular formula is C33H49ClN2O5. The first-order valence-corrected chi connectivity index (χ1v) is 14.6. The maximum atomic E-state index is 12.9. The van der Waals surface area contributed by atoms with Crippen LogP contribution in [0.3, 0.4) is 0 Å². The predicted molar refractivity (Wildman–Crippen MR) is 167 cm³/mol. The van der Waals surface area contributed by atoms with Crippen molar-refractivity contribution in [2.24, 2.45) is 11.3 Å². The zero-order valence-corrected chi connectivity index (χ0v) is 26.9. The van der Waals surface area contributed by atoms with Crippen LogP contribution in [0.5, 0.6) is 0 Å². The summed E-state index contributed by atoms with van der Waals surface area (Å²) in [7, 11) is 0. The largest absolute Gasteiger partial charge is 0.458 e. The molecule has 0 unspecified atom stereocenters. The quantitative estimate of drug-likeness (QED) is 0.132. The van der Waals surface area contributed by atoms with Crippen molar-refractivity contribution in [2.45, 2.75) is 106 Å². The Bertz CT molecular complexity index is 1070. The predicted octanol–water partition coefficient (Wildman–Crippen LogP) is 6.82. The van der Waals surface area contributed by atoms with Crippen LogP contribution in [-0.4, -0.2) is 42.1 Å². The van der Waals surface area contributed by atoms with Crippen LogP contribution in [0.1, 0.15) is 81.6 Å². The van der Waals surface area contributed by atoms with Gasteiger partial charge in [-0.25, -0.2) is 4.79 Å². The lowest BCUT2D eigenvalue weighted by molar-refractivity contribution is -0.147. The molecule has 0 bridgehead atoms. The van der Waals surface area contributed by atoms with E-state index in [0.29, 0.717) is 29.9 Å². The highest BCUT2D eigenvalue weighted by Crippen LogP contribution is 2.22. The van der Waals surface area contributed by atoms with Gasteiger partial charge in [0.05, 0.1) is 12.2 Å². The second-order valence-electron chi connectivity index (χ2n) is 11.8. The van der Waals surface area contributed by atoms with Gasteiger partial charge in [0.25, 0.3) is 0 Å². The van der Waals surface area contributed by atoms with Crippen LogP contribution in [0.4, 0.5) is 0 Å². The maximum Gasteiger partial charge on any atom is 0.333 e. The highest BCUT2D eigenvalue weighted by molar-refractivity contribution is 6.29. The van der Waals surface area contributed by atoms with Crippen molar-refractivity contribution in [3.05, 3.63) is 71.0 Å². The molecule has 2 N–H and O–H groups in total. The molecule has 1 rings (SSSR count). The van der Waals surface area contributed by atoms with Gasteiger partial charge in [-0.05, 0) is 59.1 Å². The molecule has 0 aromatic heterocycles. The van der Waals surface area contributed by atoms with Crippen LogP contribution in [0.2, 0.25) is 0 Å². The molecule has 0 aliphatic carbocycles. The van der Waals surface area contributed by atoms with E-state index >= 15 is 0 Å². The van der Waals surface area contributed by atoms with Crippen molar-refractivity contribution >= 4 is 29.4 Å². The number of hydrogen-bond donors (Lipinski definition) is 2. The number of carbonyl (C=O) groups excluding carboxylic acids is 3. The van der Waals surface area contributed by atoms with Crippen LogP contribution in [0.15, 0.2) is 71.0 Å². The zero-order valence-electron chi connectivity index (χ0n) is 26.1. The number of carbonyl (C=O) groups is 3.